The predicted octanol–water partition coefficient (Wildman–Crippen LogP) is 3.76. The molecule has 1 aromatic heterocycles. The first-order valence-electron chi connectivity index (χ1n) is 5.66. The number of thiol groups is 1. The molecule has 0 saturated carbocycles. The third kappa shape index (κ3) is 3.64. The number of nitrogens with one attached hydrogen (secondary N) is 1. The second-order valence-electron chi connectivity index (χ2n) is 3.96. The molecule has 0 aliphatic rings. The van der Waals surface area contributed by atoms with Crippen LogP contribution in [0.4, 0.5) is 32.4 Å². The van der Waals surface area contributed by atoms with Gasteiger partial charge < -0.3 is 10.4 Å². The van der Waals surface area contributed by atoms with E-state index in [1.807, 2.05) is 0 Å². The molecule has 22 heavy (non-hydrogen) atoms. The van der Waals surface area contributed by atoms with Gasteiger partial charge in [0.05, 0.1) is 11.3 Å². The molecule has 0 saturated heterocycles. The van der Waals surface area contributed by atoms with Gasteiger partial charge in [0.1, 0.15) is 5.69 Å². The number of halogens is 5. The monoisotopic (exact) mass is 344 g/mol. The van der Waals surface area contributed by atoms with Crippen molar-refractivity contribution in [3.63, 3.8) is 0 Å². The fourth-order valence-electron chi connectivity index (χ4n) is 1.85. The van der Waals surface area contributed by atoms with E-state index in [-0.39, 0.29) is 6.42 Å². The highest BCUT2D eigenvalue weighted by Gasteiger charge is 2.41. The van der Waals surface area contributed by atoms with Crippen LogP contribution in [0.15, 0.2) is 0 Å². The van der Waals surface area contributed by atoms with E-state index in [1.165, 1.54) is 6.92 Å². The molecule has 0 fully saturated rings. The lowest BCUT2D eigenvalue weighted by molar-refractivity contribution is -0.142. The fourth-order valence-corrected chi connectivity index (χ4v) is 1.96. The molecule has 0 unspecified atom stereocenters. The standard InChI is InChI=1S/C11H9F5N2O3S/c1-2-3-4(9(19)20)7(11(14,15)16)17-6(8(12)13)5(3)18-10(21)22/h8H,2H2,1H3,(H,19,20)(H2,18,21,22). The van der Waals surface area contributed by atoms with Crippen molar-refractivity contribution >= 4 is 29.5 Å². The fraction of sp³-hybridized carbons (Fsp3) is 0.364. The summed E-state index contributed by atoms with van der Waals surface area (Å²) >= 11 is 3.29. The number of aromatic nitrogens is 1. The minimum Gasteiger partial charge on any atom is -0.478 e. The van der Waals surface area contributed by atoms with Gasteiger partial charge in [0.2, 0.25) is 0 Å². The number of rotatable bonds is 4. The zero-order chi connectivity index (χ0) is 17.2. The first-order chi connectivity index (χ1) is 10.0. The van der Waals surface area contributed by atoms with Gasteiger partial charge in [0, 0.05) is 0 Å². The number of hydrogen-bond donors (Lipinski definition) is 3. The summed E-state index contributed by atoms with van der Waals surface area (Å²) in [4.78, 5) is 24.8. The van der Waals surface area contributed by atoms with Crippen LogP contribution in [0.3, 0.4) is 0 Å². The van der Waals surface area contributed by atoms with E-state index < -0.39 is 52.0 Å². The first-order valence-corrected chi connectivity index (χ1v) is 6.10. The van der Waals surface area contributed by atoms with Crippen molar-refractivity contribution in [3.05, 3.63) is 22.5 Å². The van der Waals surface area contributed by atoms with E-state index >= 15 is 0 Å². The lowest BCUT2D eigenvalue weighted by Gasteiger charge is -2.19. The van der Waals surface area contributed by atoms with Crippen molar-refractivity contribution in [2.75, 3.05) is 5.32 Å². The van der Waals surface area contributed by atoms with E-state index in [0.717, 1.165) is 0 Å². The molecular weight excluding hydrogens is 335 g/mol. The average molecular weight is 344 g/mol. The van der Waals surface area contributed by atoms with Crippen LogP contribution in [0.1, 0.15) is 40.7 Å². The van der Waals surface area contributed by atoms with E-state index in [9.17, 15) is 31.5 Å². The van der Waals surface area contributed by atoms with Crippen LogP contribution in [-0.4, -0.2) is 21.3 Å². The summed E-state index contributed by atoms with van der Waals surface area (Å²) in [5.74, 6) is -1.99. The Morgan fingerprint density at radius 2 is 1.91 bits per heavy atom. The minimum atomic E-state index is -5.25. The number of aromatic carboxylic acids is 1. The van der Waals surface area contributed by atoms with Gasteiger partial charge in [-0.15, -0.1) is 0 Å². The van der Waals surface area contributed by atoms with Gasteiger partial charge in [-0.3, -0.25) is 4.79 Å². The second-order valence-corrected chi connectivity index (χ2v) is 4.37. The Morgan fingerprint density at radius 1 is 1.36 bits per heavy atom. The number of carboxylic acids is 1. The highest BCUT2D eigenvalue weighted by Crippen LogP contribution is 2.39. The Kier molecular flexibility index (Phi) is 5.33. The number of hydrogen-bond acceptors (Lipinski definition) is 3. The summed E-state index contributed by atoms with van der Waals surface area (Å²) in [6, 6.07) is 0. The van der Waals surface area contributed by atoms with Crippen LogP contribution in [0.2, 0.25) is 0 Å². The molecule has 0 radical (unpaired) electrons. The molecule has 1 rings (SSSR count). The van der Waals surface area contributed by atoms with Crippen LogP contribution >= 0.6 is 12.6 Å². The van der Waals surface area contributed by atoms with E-state index in [4.69, 9.17) is 5.11 Å². The lowest BCUT2D eigenvalue weighted by Crippen LogP contribution is -2.22. The second kappa shape index (κ2) is 6.46. The summed E-state index contributed by atoms with van der Waals surface area (Å²) in [5.41, 5.74) is -5.97. The molecular formula is C11H9F5N2O3S. The molecule has 0 atom stereocenters. The largest absolute Gasteiger partial charge is 0.478 e. The molecule has 0 aliphatic heterocycles. The molecule has 5 nitrogen and oxygen atoms in total. The molecule has 2 N–H and O–H groups in total. The lowest BCUT2D eigenvalue weighted by atomic mass is 9.99. The molecule has 1 aromatic rings. The third-order valence-corrected chi connectivity index (χ3v) is 2.72. The Labute approximate surface area is 125 Å². The molecule has 122 valence electrons. The van der Waals surface area contributed by atoms with Crippen molar-refractivity contribution in [1.82, 2.24) is 4.98 Å². The number of anilines is 1. The van der Waals surface area contributed by atoms with E-state index in [0.29, 0.717) is 0 Å². The summed E-state index contributed by atoms with van der Waals surface area (Å²) in [6.45, 7) is 1.26. The van der Waals surface area contributed by atoms with Crippen molar-refractivity contribution in [2.45, 2.75) is 25.9 Å². The number of amides is 1. The van der Waals surface area contributed by atoms with Crippen LogP contribution < -0.4 is 5.32 Å². The number of pyridine rings is 1. The number of alkyl halides is 5. The summed E-state index contributed by atoms with van der Waals surface area (Å²) in [7, 11) is 0. The molecule has 0 aliphatic carbocycles. The maximum Gasteiger partial charge on any atom is 0.434 e. The highest BCUT2D eigenvalue weighted by molar-refractivity contribution is 7.96. The van der Waals surface area contributed by atoms with E-state index in [1.54, 1.807) is 5.32 Å². The average Bonchev–Trinajstić information content (AvgIpc) is 2.35. The zero-order valence-electron chi connectivity index (χ0n) is 10.8. The van der Waals surface area contributed by atoms with Gasteiger partial charge in [0.25, 0.3) is 11.7 Å². The summed E-state index contributed by atoms with van der Waals surface area (Å²) in [5, 5.41) is 9.63. The van der Waals surface area contributed by atoms with Crippen LogP contribution in [0.5, 0.6) is 0 Å². The first kappa shape index (κ1) is 18.1. The normalized spacial score (nSPS) is 11.6. The zero-order valence-corrected chi connectivity index (χ0v) is 11.7. The molecule has 1 amide bonds. The van der Waals surface area contributed by atoms with Gasteiger partial charge >= 0.3 is 12.1 Å². The number of carbonyl (C=O) groups is 2. The molecule has 0 spiro atoms. The van der Waals surface area contributed by atoms with Gasteiger partial charge in [-0.25, -0.2) is 18.6 Å². The molecule has 11 heteroatoms. The Morgan fingerprint density at radius 3 is 2.23 bits per heavy atom. The third-order valence-electron chi connectivity index (χ3n) is 2.60. The van der Waals surface area contributed by atoms with Gasteiger partial charge in [-0.1, -0.05) is 19.6 Å². The van der Waals surface area contributed by atoms with Crippen LogP contribution in [-0.2, 0) is 12.6 Å². The molecule has 0 bridgehead atoms. The summed E-state index contributed by atoms with van der Waals surface area (Å²) in [6.07, 6.45) is -9.05. The minimum absolute atomic E-state index is 0.351. The van der Waals surface area contributed by atoms with Crippen molar-refractivity contribution in [1.29, 1.82) is 0 Å². The van der Waals surface area contributed by atoms with Gasteiger partial charge in [-0.05, 0) is 12.0 Å². The number of carboxylic acid groups (broad SMARTS) is 1. The van der Waals surface area contributed by atoms with Gasteiger partial charge in [0.15, 0.2) is 5.69 Å². The SMILES string of the molecule is CCc1c(NC(=O)S)c(C(F)F)nc(C(F)(F)F)c1C(=O)O. The Balaban J connectivity index is 3.88. The smallest absolute Gasteiger partial charge is 0.434 e. The highest BCUT2D eigenvalue weighted by atomic mass is 32.1. The quantitative estimate of drug-likeness (QED) is 0.574. The number of nitrogens with zero attached hydrogens (tertiary/aromatic N) is 1. The molecule has 0 aromatic carbocycles. The molecule has 1 heterocycles. The van der Waals surface area contributed by atoms with Crippen molar-refractivity contribution in [2.24, 2.45) is 0 Å². The van der Waals surface area contributed by atoms with Gasteiger partial charge in [-0.2, -0.15) is 13.2 Å². The van der Waals surface area contributed by atoms with Crippen LogP contribution in [0.25, 0.3) is 0 Å². The predicted molar refractivity (Wildman–Crippen MR) is 68.5 cm³/mol. The summed E-state index contributed by atoms with van der Waals surface area (Å²) < 4.78 is 64.6. The van der Waals surface area contributed by atoms with Crippen LogP contribution in [0, 0.1) is 0 Å². The Bertz CT molecular complexity index is 619. The maximum absolute atomic E-state index is 12.9. The van der Waals surface area contributed by atoms with E-state index in [2.05, 4.69) is 17.6 Å². The Hall–Kier alpha value is -1.91. The maximum atomic E-state index is 12.9. The topological polar surface area (TPSA) is 79.3 Å². The number of carbonyl (C=O) groups excluding carboxylic acids is 1. The van der Waals surface area contributed by atoms with Crippen molar-refractivity contribution in [3.8, 4) is 0 Å². The van der Waals surface area contributed by atoms with Crippen molar-refractivity contribution < 1.29 is 36.6 Å².